The minimum Gasteiger partial charge on any atom is -0.457 e. The Morgan fingerprint density at radius 1 is 1.00 bits per heavy atom. The summed E-state index contributed by atoms with van der Waals surface area (Å²) >= 11 is 0. The third-order valence-electron chi connectivity index (χ3n) is 3.43. The number of nitro benzene ring substituents is 1. The summed E-state index contributed by atoms with van der Waals surface area (Å²) in [6.07, 6.45) is 2.90. The van der Waals surface area contributed by atoms with E-state index in [9.17, 15) is 14.9 Å². The van der Waals surface area contributed by atoms with Crippen LogP contribution in [-0.2, 0) is 4.79 Å². The molecule has 3 aromatic rings. The number of carbonyl (C=O) groups excluding carboxylic acids is 1. The standard InChI is InChI=1S/C19H14N2O4/c22-19(20-15-6-8-16(9-7-15)21(23)24)13-11-17-10-12-18(25-17)14-4-2-1-3-5-14/h1-13H,(H,20,22)/b13-11+. The van der Waals surface area contributed by atoms with Crippen molar-refractivity contribution in [2.75, 3.05) is 5.32 Å². The summed E-state index contributed by atoms with van der Waals surface area (Å²) in [6.45, 7) is 0. The Morgan fingerprint density at radius 3 is 2.40 bits per heavy atom. The third kappa shape index (κ3) is 4.20. The molecule has 0 fully saturated rings. The third-order valence-corrected chi connectivity index (χ3v) is 3.43. The number of furan rings is 1. The van der Waals surface area contributed by atoms with Gasteiger partial charge in [-0.25, -0.2) is 0 Å². The van der Waals surface area contributed by atoms with Gasteiger partial charge in [0.15, 0.2) is 0 Å². The van der Waals surface area contributed by atoms with Gasteiger partial charge in [0.25, 0.3) is 5.69 Å². The second-order valence-corrected chi connectivity index (χ2v) is 5.19. The molecule has 0 atom stereocenters. The van der Waals surface area contributed by atoms with Crippen LogP contribution >= 0.6 is 0 Å². The molecule has 3 rings (SSSR count). The van der Waals surface area contributed by atoms with Crippen LogP contribution in [0.15, 0.2) is 77.2 Å². The first-order valence-corrected chi connectivity index (χ1v) is 7.50. The zero-order valence-electron chi connectivity index (χ0n) is 13.1. The first-order valence-electron chi connectivity index (χ1n) is 7.50. The highest BCUT2D eigenvalue weighted by molar-refractivity contribution is 6.01. The van der Waals surface area contributed by atoms with Crippen LogP contribution in [0.25, 0.3) is 17.4 Å². The average Bonchev–Trinajstić information content (AvgIpc) is 3.10. The van der Waals surface area contributed by atoms with Crippen molar-refractivity contribution in [3.63, 3.8) is 0 Å². The molecule has 2 aromatic carbocycles. The quantitative estimate of drug-likeness (QED) is 0.423. The van der Waals surface area contributed by atoms with E-state index in [2.05, 4.69) is 5.32 Å². The van der Waals surface area contributed by atoms with E-state index in [0.29, 0.717) is 11.4 Å². The molecule has 6 heteroatoms. The monoisotopic (exact) mass is 334 g/mol. The van der Waals surface area contributed by atoms with E-state index in [4.69, 9.17) is 4.42 Å². The van der Waals surface area contributed by atoms with E-state index < -0.39 is 4.92 Å². The molecule has 0 bridgehead atoms. The van der Waals surface area contributed by atoms with Gasteiger partial charge in [-0.2, -0.15) is 0 Å². The average molecular weight is 334 g/mol. The van der Waals surface area contributed by atoms with E-state index >= 15 is 0 Å². The maximum Gasteiger partial charge on any atom is 0.269 e. The Bertz CT molecular complexity index is 912. The number of anilines is 1. The highest BCUT2D eigenvalue weighted by Crippen LogP contribution is 2.22. The van der Waals surface area contributed by atoms with Crippen LogP contribution in [0.1, 0.15) is 5.76 Å². The fraction of sp³-hybridized carbons (Fsp3) is 0. The van der Waals surface area contributed by atoms with E-state index in [1.165, 1.54) is 30.3 Å². The number of hydrogen-bond donors (Lipinski definition) is 1. The fourth-order valence-corrected chi connectivity index (χ4v) is 2.21. The minimum atomic E-state index is -0.493. The Labute approximate surface area is 143 Å². The first-order chi connectivity index (χ1) is 12.1. The van der Waals surface area contributed by atoms with Gasteiger partial charge in [-0.05, 0) is 30.3 Å². The number of carbonyl (C=O) groups is 1. The van der Waals surface area contributed by atoms with Gasteiger partial charge in [-0.3, -0.25) is 14.9 Å². The molecule has 25 heavy (non-hydrogen) atoms. The summed E-state index contributed by atoms with van der Waals surface area (Å²) in [4.78, 5) is 22.0. The summed E-state index contributed by atoms with van der Waals surface area (Å²) in [7, 11) is 0. The van der Waals surface area contributed by atoms with Gasteiger partial charge in [0, 0.05) is 29.5 Å². The smallest absolute Gasteiger partial charge is 0.269 e. The van der Waals surface area contributed by atoms with Gasteiger partial charge in [0.1, 0.15) is 11.5 Å². The molecule has 0 aliphatic carbocycles. The highest BCUT2D eigenvalue weighted by atomic mass is 16.6. The summed E-state index contributed by atoms with van der Waals surface area (Å²) in [5, 5.41) is 13.2. The summed E-state index contributed by atoms with van der Waals surface area (Å²) in [5.41, 5.74) is 1.40. The lowest BCUT2D eigenvalue weighted by Gasteiger charge is -2.01. The molecular formula is C19H14N2O4. The zero-order chi connectivity index (χ0) is 17.6. The Kier molecular flexibility index (Phi) is 4.71. The van der Waals surface area contributed by atoms with E-state index in [0.717, 1.165) is 11.3 Å². The molecular weight excluding hydrogens is 320 g/mol. The lowest BCUT2D eigenvalue weighted by Crippen LogP contribution is -2.07. The molecule has 0 saturated carbocycles. The van der Waals surface area contributed by atoms with Crippen molar-refractivity contribution in [2.45, 2.75) is 0 Å². The molecule has 0 spiro atoms. The van der Waals surface area contributed by atoms with Crippen LogP contribution in [-0.4, -0.2) is 10.8 Å². The van der Waals surface area contributed by atoms with Crippen molar-refractivity contribution in [3.05, 3.63) is 88.7 Å². The molecule has 1 N–H and O–H groups in total. The molecule has 6 nitrogen and oxygen atoms in total. The topological polar surface area (TPSA) is 85.4 Å². The van der Waals surface area contributed by atoms with Crippen molar-refractivity contribution >= 4 is 23.4 Å². The van der Waals surface area contributed by atoms with Crippen LogP contribution in [0.4, 0.5) is 11.4 Å². The van der Waals surface area contributed by atoms with Gasteiger partial charge >= 0.3 is 0 Å². The van der Waals surface area contributed by atoms with Crippen LogP contribution in [0.5, 0.6) is 0 Å². The van der Waals surface area contributed by atoms with Crippen molar-refractivity contribution in [1.29, 1.82) is 0 Å². The predicted molar refractivity (Wildman–Crippen MR) is 94.9 cm³/mol. The maximum atomic E-state index is 11.9. The second-order valence-electron chi connectivity index (χ2n) is 5.19. The minimum absolute atomic E-state index is 0.0300. The van der Waals surface area contributed by atoms with E-state index in [1.807, 2.05) is 36.4 Å². The predicted octanol–water partition coefficient (Wildman–Crippen LogP) is 4.51. The summed E-state index contributed by atoms with van der Waals surface area (Å²) < 4.78 is 5.67. The number of non-ortho nitro benzene ring substituents is 1. The number of nitrogens with one attached hydrogen (secondary N) is 1. The number of nitro groups is 1. The van der Waals surface area contributed by atoms with Crippen molar-refractivity contribution in [3.8, 4) is 11.3 Å². The van der Waals surface area contributed by atoms with Crippen molar-refractivity contribution < 1.29 is 14.1 Å². The van der Waals surface area contributed by atoms with Gasteiger partial charge < -0.3 is 9.73 Å². The van der Waals surface area contributed by atoms with Crippen molar-refractivity contribution in [2.24, 2.45) is 0 Å². The Morgan fingerprint density at radius 2 is 1.72 bits per heavy atom. The van der Waals surface area contributed by atoms with Gasteiger partial charge in [-0.1, -0.05) is 30.3 Å². The van der Waals surface area contributed by atoms with Gasteiger partial charge in [-0.15, -0.1) is 0 Å². The number of hydrogen-bond acceptors (Lipinski definition) is 4. The zero-order valence-corrected chi connectivity index (χ0v) is 13.1. The first kappa shape index (κ1) is 16.2. The molecule has 1 aromatic heterocycles. The SMILES string of the molecule is O=C(/C=C/c1ccc(-c2ccccc2)o1)Nc1ccc([N+](=O)[O-])cc1. The molecule has 0 unspecified atom stereocenters. The molecule has 0 aliphatic rings. The largest absolute Gasteiger partial charge is 0.457 e. The van der Waals surface area contributed by atoms with Crippen molar-refractivity contribution in [1.82, 2.24) is 0 Å². The molecule has 0 radical (unpaired) electrons. The number of rotatable bonds is 5. The molecule has 1 heterocycles. The lowest BCUT2D eigenvalue weighted by molar-refractivity contribution is -0.384. The number of amides is 1. The normalized spacial score (nSPS) is 10.7. The second kappa shape index (κ2) is 7.27. The van der Waals surface area contributed by atoms with Crippen LogP contribution < -0.4 is 5.32 Å². The molecule has 1 amide bonds. The highest BCUT2D eigenvalue weighted by Gasteiger charge is 2.06. The van der Waals surface area contributed by atoms with Gasteiger partial charge in [0.05, 0.1) is 4.92 Å². The lowest BCUT2D eigenvalue weighted by atomic mass is 10.2. The number of nitrogens with zero attached hydrogens (tertiary/aromatic N) is 1. The molecule has 0 aliphatic heterocycles. The summed E-state index contributed by atoms with van der Waals surface area (Å²) in [5.74, 6) is 0.917. The number of benzene rings is 2. The van der Waals surface area contributed by atoms with Crippen LogP contribution in [0, 0.1) is 10.1 Å². The molecule has 124 valence electrons. The van der Waals surface area contributed by atoms with Crippen LogP contribution in [0.2, 0.25) is 0 Å². The maximum absolute atomic E-state index is 11.9. The molecule has 0 saturated heterocycles. The van der Waals surface area contributed by atoms with E-state index in [-0.39, 0.29) is 11.6 Å². The summed E-state index contributed by atoms with van der Waals surface area (Å²) in [6, 6.07) is 18.9. The Hall–Kier alpha value is -3.67. The fourth-order valence-electron chi connectivity index (χ4n) is 2.21. The van der Waals surface area contributed by atoms with Crippen LogP contribution in [0.3, 0.4) is 0 Å². The van der Waals surface area contributed by atoms with Gasteiger partial charge in [0.2, 0.25) is 5.91 Å². The van der Waals surface area contributed by atoms with E-state index in [1.54, 1.807) is 12.1 Å². The Balaban J connectivity index is 1.63.